The van der Waals surface area contributed by atoms with Gasteiger partial charge in [0.05, 0.1) is 12.6 Å². The van der Waals surface area contributed by atoms with E-state index in [-0.39, 0.29) is 0 Å². The van der Waals surface area contributed by atoms with Gasteiger partial charge in [-0.2, -0.15) is 0 Å². The van der Waals surface area contributed by atoms with Crippen LogP contribution in [-0.4, -0.2) is 36.0 Å². The Balaban J connectivity index is 1.34. The van der Waals surface area contributed by atoms with E-state index in [0.29, 0.717) is 6.04 Å². The number of rotatable bonds is 3. The molecule has 1 fully saturated rings. The summed E-state index contributed by atoms with van der Waals surface area (Å²) >= 11 is 0. The minimum Gasteiger partial charge on any atom is -0.465 e. The molecule has 5 rings (SSSR count). The first-order chi connectivity index (χ1) is 13.8. The van der Waals surface area contributed by atoms with Crippen molar-refractivity contribution in [3.8, 4) is 0 Å². The topological polar surface area (TPSA) is 19.6 Å². The molecule has 3 nitrogen and oxygen atoms in total. The first kappa shape index (κ1) is 17.7. The zero-order valence-corrected chi connectivity index (χ0v) is 16.6. The lowest BCUT2D eigenvalue weighted by Crippen LogP contribution is -2.46. The highest BCUT2D eigenvalue weighted by Crippen LogP contribution is 2.39. The maximum atomic E-state index is 5.77. The number of hydrogen-bond donors (Lipinski definition) is 0. The van der Waals surface area contributed by atoms with E-state index in [0.717, 1.165) is 57.1 Å². The minimum atomic E-state index is 0.364. The fourth-order valence-corrected chi connectivity index (χ4v) is 4.77. The summed E-state index contributed by atoms with van der Waals surface area (Å²) in [5.74, 6) is 2.08. The summed E-state index contributed by atoms with van der Waals surface area (Å²) in [7, 11) is 0. The first-order valence-electron chi connectivity index (χ1n) is 10.5. The monoisotopic (exact) mass is 372 g/mol. The zero-order chi connectivity index (χ0) is 18.9. The summed E-state index contributed by atoms with van der Waals surface area (Å²) in [5.41, 5.74) is 5.83. The van der Waals surface area contributed by atoms with Gasteiger partial charge in [-0.3, -0.25) is 9.80 Å². The van der Waals surface area contributed by atoms with Gasteiger partial charge in [0.25, 0.3) is 0 Å². The molecule has 1 unspecified atom stereocenters. The van der Waals surface area contributed by atoms with E-state index in [1.807, 2.05) is 6.92 Å². The van der Waals surface area contributed by atoms with Gasteiger partial charge in [-0.05, 0) is 54.2 Å². The van der Waals surface area contributed by atoms with Gasteiger partial charge in [0.2, 0.25) is 0 Å². The van der Waals surface area contributed by atoms with Crippen molar-refractivity contribution in [2.24, 2.45) is 0 Å². The van der Waals surface area contributed by atoms with Crippen molar-refractivity contribution >= 4 is 5.57 Å². The van der Waals surface area contributed by atoms with Crippen LogP contribution in [0.25, 0.3) is 5.57 Å². The van der Waals surface area contributed by atoms with Crippen molar-refractivity contribution in [1.82, 2.24) is 9.80 Å². The van der Waals surface area contributed by atoms with Crippen LogP contribution < -0.4 is 0 Å². The Labute approximate surface area is 167 Å². The fraction of sp³-hybridized carbons (Fsp3) is 0.360. The Morgan fingerprint density at radius 1 is 1.00 bits per heavy atom. The molecule has 28 heavy (non-hydrogen) atoms. The summed E-state index contributed by atoms with van der Waals surface area (Å²) < 4.78 is 5.77. The second-order valence-electron chi connectivity index (χ2n) is 8.09. The van der Waals surface area contributed by atoms with Gasteiger partial charge in [-0.25, -0.2) is 0 Å². The second kappa shape index (κ2) is 7.57. The molecule has 0 amide bonds. The Hall–Kier alpha value is -2.36. The first-order valence-corrected chi connectivity index (χ1v) is 10.5. The molecule has 0 radical (unpaired) electrons. The minimum absolute atomic E-state index is 0.364. The molecule has 1 aromatic heterocycles. The molecular formula is C25H28N2O. The van der Waals surface area contributed by atoms with Crippen molar-refractivity contribution in [3.05, 3.63) is 88.9 Å². The molecule has 0 spiro atoms. The van der Waals surface area contributed by atoms with Gasteiger partial charge in [0, 0.05) is 26.2 Å². The highest BCUT2D eigenvalue weighted by Gasteiger charge is 2.28. The summed E-state index contributed by atoms with van der Waals surface area (Å²) in [5, 5.41) is 0. The molecule has 1 aromatic carbocycles. The van der Waals surface area contributed by atoms with Gasteiger partial charge in [-0.15, -0.1) is 0 Å². The maximum Gasteiger partial charge on any atom is 0.118 e. The lowest BCUT2D eigenvalue weighted by atomic mass is 9.89. The molecule has 1 aliphatic heterocycles. The van der Waals surface area contributed by atoms with E-state index < -0.39 is 0 Å². The number of hydrogen-bond acceptors (Lipinski definition) is 3. The molecule has 2 aromatic rings. The van der Waals surface area contributed by atoms with E-state index in [4.69, 9.17) is 4.42 Å². The Morgan fingerprint density at radius 3 is 2.68 bits per heavy atom. The molecule has 3 heteroatoms. The van der Waals surface area contributed by atoms with Crippen molar-refractivity contribution in [1.29, 1.82) is 0 Å². The summed E-state index contributed by atoms with van der Waals surface area (Å²) in [4.78, 5) is 5.15. The third kappa shape index (κ3) is 3.41. The number of benzene rings is 1. The highest BCUT2D eigenvalue weighted by molar-refractivity contribution is 5.78. The lowest BCUT2D eigenvalue weighted by Gasteiger charge is -2.38. The van der Waals surface area contributed by atoms with Crippen LogP contribution in [0.4, 0.5) is 0 Å². The van der Waals surface area contributed by atoms with Crippen molar-refractivity contribution < 1.29 is 4.42 Å². The average Bonchev–Trinajstić information content (AvgIpc) is 3.06. The second-order valence-corrected chi connectivity index (χ2v) is 8.09. The number of fused-ring (bicyclic) bond motifs is 2. The molecule has 2 aliphatic carbocycles. The normalized spacial score (nSPS) is 22.8. The molecule has 0 saturated carbocycles. The van der Waals surface area contributed by atoms with Gasteiger partial charge in [0.1, 0.15) is 11.5 Å². The van der Waals surface area contributed by atoms with E-state index in [1.165, 1.54) is 22.3 Å². The number of furan rings is 1. The average molecular weight is 373 g/mol. The SMILES string of the molecule is Cc1ccc(CN2CCN(C3C=CC4=C(CCC=C4)c4ccccc43)CC2)o1. The van der Waals surface area contributed by atoms with Gasteiger partial charge in [-0.1, -0.05) is 48.6 Å². The quantitative estimate of drug-likeness (QED) is 0.745. The van der Waals surface area contributed by atoms with Crippen LogP contribution in [-0.2, 0) is 6.54 Å². The van der Waals surface area contributed by atoms with Crippen LogP contribution in [0.15, 0.2) is 70.7 Å². The predicted molar refractivity (Wildman–Crippen MR) is 114 cm³/mol. The van der Waals surface area contributed by atoms with Crippen molar-refractivity contribution in [2.75, 3.05) is 26.2 Å². The Bertz CT molecular complexity index is 941. The van der Waals surface area contributed by atoms with E-state index in [2.05, 4.69) is 70.5 Å². The summed E-state index contributed by atoms with van der Waals surface area (Å²) in [6.07, 6.45) is 11.7. The predicted octanol–water partition coefficient (Wildman–Crippen LogP) is 5.12. The molecule has 0 N–H and O–H groups in total. The number of piperazine rings is 1. The van der Waals surface area contributed by atoms with Crippen LogP contribution in [0.3, 0.4) is 0 Å². The third-order valence-electron chi connectivity index (χ3n) is 6.25. The molecule has 1 atom stereocenters. The zero-order valence-electron chi connectivity index (χ0n) is 16.6. The van der Waals surface area contributed by atoms with Crippen LogP contribution in [0.5, 0.6) is 0 Å². The van der Waals surface area contributed by atoms with Gasteiger partial charge in [0.15, 0.2) is 0 Å². The maximum absolute atomic E-state index is 5.77. The highest BCUT2D eigenvalue weighted by atomic mass is 16.3. The molecule has 1 saturated heterocycles. The fourth-order valence-electron chi connectivity index (χ4n) is 4.77. The lowest BCUT2D eigenvalue weighted by molar-refractivity contribution is 0.102. The van der Waals surface area contributed by atoms with E-state index in [9.17, 15) is 0 Å². The smallest absolute Gasteiger partial charge is 0.118 e. The van der Waals surface area contributed by atoms with Crippen molar-refractivity contribution in [2.45, 2.75) is 32.4 Å². The van der Waals surface area contributed by atoms with E-state index >= 15 is 0 Å². The van der Waals surface area contributed by atoms with Gasteiger partial charge >= 0.3 is 0 Å². The van der Waals surface area contributed by atoms with Crippen LogP contribution in [0, 0.1) is 6.92 Å². The van der Waals surface area contributed by atoms with Crippen molar-refractivity contribution in [3.63, 3.8) is 0 Å². The number of nitrogens with zero attached hydrogens (tertiary/aromatic N) is 2. The molecule has 3 aliphatic rings. The molecular weight excluding hydrogens is 344 g/mol. The Kier molecular flexibility index (Phi) is 4.79. The number of allylic oxidation sites excluding steroid dienone is 5. The largest absolute Gasteiger partial charge is 0.465 e. The van der Waals surface area contributed by atoms with E-state index in [1.54, 1.807) is 0 Å². The standard InChI is InChI=1S/C25H28N2O/c1-19-10-12-21(28-19)18-26-14-16-27(17-15-26)25-13-11-20-6-2-3-7-22(20)23-8-4-5-9-24(23)25/h2,4-6,8-13,25H,3,7,14-18H2,1H3. The molecule has 0 bridgehead atoms. The summed E-state index contributed by atoms with van der Waals surface area (Å²) in [6.45, 7) is 7.27. The molecule has 144 valence electrons. The van der Waals surface area contributed by atoms with Crippen LogP contribution in [0.2, 0.25) is 0 Å². The molecule has 2 heterocycles. The van der Waals surface area contributed by atoms with Crippen LogP contribution in [0.1, 0.15) is 41.5 Å². The summed E-state index contributed by atoms with van der Waals surface area (Å²) in [6, 6.07) is 13.6. The van der Waals surface area contributed by atoms with Gasteiger partial charge < -0.3 is 4.42 Å². The third-order valence-corrected chi connectivity index (χ3v) is 6.25. The Morgan fingerprint density at radius 2 is 1.86 bits per heavy atom. The van der Waals surface area contributed by atoms with Crippen LogP contribution >= 0.6 is 0 Å². The number of aryl methyl sites for hydroxylation is 1.